The van der Waals surface area contributed by atoms with Crippen LogP contribution in [-0.2, 0) is 23.7 Å². The quantitative estimate of drug-likeness (QED) is 0.296. The van der Waals surface area contributed by atoms with Crippen LogP contribution in [0, 0.1) is 0 Å². The first-order valence-electron chi connectivity index (χ1n) is 15.7. The van der Waals surface area contributed by atoms with Crippen LogP contribution in [0.1, 0.15) is 83.1 Å². The number of hydrogen-bond acceptors (Lipinski definition) is 3. The van der Waals surface area contributed by atoms with E-state index in [1.165, 1.54) is 56.2 Å². The van der Waals surface area contributed by atoms with Crippen molar-refractivity contribution >= 4 is 28.7 Å². The molecule has 0 saturated carbocycles. The van der Waals surface area contributed by atoms with Gasteiger partial charge in [0, 0.05) is 46.6 Å². The lowest BCUT2D eigenvalue weighted by Gasteiger charge is -2.24. The maximum absolute atomic E-state index is 7.13. The van der Waals surface area contributed by atoms with Crippen LogP contribution in [0.2, 0.25) is 0 Å². The third-order valence-electron chi connectivity index (χ3n) is 9.97. The molecule has 0 atom stereocenters. The second kappa shape index (κ2) is 11.7. The number of likely N-dealkylation sites (N-methyl/N-ethyl adjacent to an activating group) is 1. The van der Waals surface area contributed by atoms with Crippen molar-refractivity contribution in [3.8, 4) is 11.5 Å². The topological polar surface area (TPSA) is 24.7 Å². The van der Waals surface area contributed by atoms with Crippen LogP contribution in [0.25, 0.3) is 0 Å². The first-order chi connectivity index (χ1) is 20.4. The molecule has 0 radical (unpaired) electrons. The molecule has 0 bridgehead atoms. The summed E-state index contributed by atoms with van der Waals surface area (Å²) in [6.45, 7) is 13.6. The lowest BCUT2D eigenvalue weighted by molar-refractivity contribution is -0.401. The Kier molecular flexibility index (Phi) is 8.48. The molecule has 43 heavy (non-hydrogen) atoms. The summed E-state index contributed by atoms with van der Waals surface area (Å²) in [5.41, 5.74) is 12.3. The van der Waals surface area contributed by atoms with Gasteiger partial charge in [0.15, 0.2) is 5.71 Å². The number of hydrogen-bond donors (Lipinski definition) is 0. The molecule has 0 spiro atoms. The molecule has 0 saturated heterocycles. The number of halogens is 1. The SMILES string of the molecule is CCc1cc2c(cc1OC)N(C)/C(=C\C=C1/CCCC(/C=C/C3=[N+](C)c4cc(OC)c(CC)cc4C3(C)C)=C1Cl)C2(C)C. The van der Waals surface area contributed by atoms with Crippen LogP contribution in [0.15, 0.2) is 70.4 Å². The maximum Gasteiger partial charge on any atom is 0.213 e. The van der Waals surface area contributed by atoms with Crippen LogP contribution in [-0.4, -0.2) is 38.6 Å². The summed E-state index contributed by atoms with van der Waals surface area (Å²) in [5.74, 6) is 1.92. The highest BCUT2D eigenvalue weighted by atomic mass is 35.5. The molecule has 0 amide bonds. The predicted molar refractivity (Wildman–Crippen MR) is 182 cm³/mol. The molecule has 0 unspecified atom stereocenters. The molecular weight excluding hydrogens is 552 g/mol. The van der Waals surface area contributed by atoms with E-state index in [9.17, 15) is 0 Å². The van der Waals surface area contributed by atoms with Crippen molar-refractivity contribution in [3.05, 3.63) is 92.7 Å². The van der Waals surface area contributed by atoms with Gasteiger partial charge < -0.3 is 14.4 Å². The number of fused-ring (bicyclic) bond motifs is 2. The van der Waals surface area contributed by atoms with Crippen molar-refractivity contribution in [2.24, 2.45) is 0 Å². The van der Waals surface area contributed by atoms with E-state index in [0.717, 1.165) is 48.6 Å². The van der Waals surface area contributed by atoms with Gasteiger partial charge in [0.1, 0.15) is 18.5 Å². The molecule has 4 nitrogen and oxygen atoms in total. The molecule has 2 heterocycles. The third kappa shape index (κ3) is 5.16. The second-order valence-electron chi connectivity index (χ2n) is 13.1. The van der Waals surface area contributed by atoms with Crippen molar-refractivity contribution in [3.63, 3.8) is 0 Å². The van der Waals surface area contributed by atoms with Gasteiger partial charge in [-0.3, -0.25) is 0 Å². The number of ether oxygens (including phenoxy) is 2. The zero-order valence-corrected chi connectivity index (χ0v) is 28.5. The van der Waals surface area contributed by atoms with E-state index in [0.29, 0.717) is 0 Å². The van der Waals surface area contributed by atoms with E-state index in [-0.39, 0.29) is 10.8 Å². The molecule has 3 aliphatic rings. The molecule has 2 aromatic carbocycles. The summed E-state index contributed by atoms with van der Waals surface area (Å²) in [7, 11) is 7.83. The number of nitrogens with zero attached hydrogens (tertiary/aromatic N) is 2. The summed E-state index contributed by atoms with van der Waals surface area (Å²) >= 11 is 7.13. The normalized spacial score (nSPS) is 21.0. The first-order valence-corrected chi connectivity index (χ1v) is 16.0. The summed E-state index contributed by atoms with van der Waals surface area (Å²) in [6.07, 6.45) is 14.0. The number of methoxy groups -OCH3 is 2. The molecule has 5 rings (SSSR count). The highest BCUT2D eigenvalue weighted by Gasteiger charge is 2.44. The average Bonchev–Trinajstić information content (AvgIpc) is 3.30. The molecule has 0 fully saturated rings. The zero-order chi connectivity index (χ0) is 31.3. The Balaban J connectivity index is 1.47. The van der Waals surface area contributed by atoms with Crippen LogP contribution in [0.4, 0.5) is 11.4 Å². The van der Waals surface area contributed by atoms with Gasteiger partial charge in [-0.2, -0.15) is 4.58 Å². The van der Waals surface area contributed by atoms with Gasteiger partial charge in [-0.15, -0.1) is 0 Å². The molecule has 2 aromatic rings. The van der Waals surface area contributed by atoms with Crippen molar-refractivity contribution in [1.82, 2.24) is 0 Å². The van der Waals surface area contributed by atoms with Crippen molar-refractivity contribution in [1.29, 1.82) is 0 Å². The van der Waals surface area contributed by atoms with E-state index in [1.807, 2.05) is 0 Å². The summed E-state index contributed by atoms with van der Waals surface area (Å²) < 4.78 is 13.7. The minimum Gasteiger partial charge on any atom is -0.496 e. The number of aryl methyl sites for hydroxylation is 2. The Hall–Kier alpha value is -3.24. The largest absolute Gasteiger partial charge is 0.496 e. The van der Waals surface area contributed by atoms with Crippen molar-refractivity contribution in [2.45, 2.75) is 84.5 Å². The first kappa shape index (κ1) is 31.2. The number of allylic oxidation sites excluding steroid dienone is 8. The zero-order valence-electron chi connectivity index (χ0n) is 27.7. The fourth-order valence-electron chi connectivity index (χ4n) is 7.30. The Labute approximate surface area is 264 Å². The standard InChI is InChI=1S/C38H48ClN2O2/c1-11-24-20-28-30(22-32(24)42-9)40(7)34(37(28,3)4)18-16-26-14-13-15-27(36(26)39)17-19-35-38(5,6)29-21-25(12-2)33(43-10)23-31(29)41(35)8/h16-23H,11-15H2,1-10H3/q+1. The van der Waals surface area contributed by atoms with Gasteiger partial charge in [0.05, 0.1) is 25.7 Å². The molecular formula is C38H48ClN2O2+. The van der Waals surface area contributed by atoms with Gasteiger partial charge in [-0.1, -0.05) is 51.4 Å². The molecule has 0 aromatic heterocycles. The number of anilines is 1. The Morgan fingerprint density at radius 1 is 0.860 bits per heavy atom. The van der Waals surface area contributed by atoms with Crippen LogP contribution >= 0.6 is 11.6 Å². The van der Waals surface area contributed by atoms with Crippen LogP contribution in [0.3, 0.4) is 0 Å². The molecule has 5 heteroatoms. The van der Waals surface area contributed by atoms with E-state index < -0.39 is 0 Å². The van der Waals surface area contributed by atoms with Crippen molar-refractivity contribution in [2.75, 3.05) is 33.2 Å². The summed E-state index contributed by atoms with van der Waals surface area (Å²) in [4.78, 5) is 2.31. The van der Waals surface area contributed by atoms with E-state index in [1.54, 1.807) is 14.2 Å². The minimum absolute atomic E-state index is 0.116. The maximum atomic E-state index is 7.13. The summed E-state index contributed by atoms with van der Waals surface area (Å²) in [5, 5.41) is 0.886. The van der Waals surface area contributed by atoms with Crippen molar-refractivity contribution < 1.29 is 14.0 Å². The Bertz CT molecular complexity index is 1620. The highest BCUT2D eigenvalue weighted by Crippen LogP contribution is 2.49. The fourth-order valence-corrected chi connectivity index (χ4v) is 7.61. The fraction of sp³-hybridized carbons (Fsp3) is 0.447. The van der Waals surface area contributed by atoms with Gasteiger partial charge in [-0.05, 0) is 92.0 Å². The van der Waals surface area contributed by atoms with E-state index in [4.69, 9.17) is 21.1 Å². The molecule has 228 valence electrons. The van der Waals surface area contributed by atoms with E-state index >= 15 is 0 Å². The number of rotatable bonds is 7. The average molecular weight is 600 g/mol. The second-order valence-corrected chi connectivity index (χ2v) is 13.5. The van der Waals surface area contributed by atoms with Gasteiger partial charge >= 0.3 is 0 Å². The summed E-state index contributed by atoms with van der Waals surface area (Å²) in [6, 6.07) is 9.03. The Morgan fingerprint density at radius 3 is 2.12 bits per heavy atom. The smallest absolute Gasteiger partial charge is 0.213 e. The predicted octanol–water partition coefficient (Wildman–Crippen LogP) is 9.31. The third-order valence-corrected chi connectivity index (χ3v) is 10.5. The molecule has 2 aliphatic heterocycles. The van der Waals surface area contributed by atoms with Gasteiger partial charge in [-0.25, -0.2) is 0 Å². The number of benzene rings is 2. The highest BCUT2D eigenvalue weighted by molar-refractivity contribution is 6.32. The lowest BCUT2D eigenvalue weighted by atomic mass is 9.80. The van der Waals surface area contributed by atoms with E-state index in [2.05, 4.69) is 114 Å². The molecule has 0 N–H and O–H groups in total. The minimum atomic E-state index is -0.116. The van der Waals surface area contributed by atoms with Gasteiger partial charge in [0.2, 0.25) is 5.69 Å². The lowest BCUT2D eigenvalue weighted by Crippen LogP contribution is -2.26. The van der Waals surface area contributed by atoms with Gasteiger partial charge in [0.25, 0.3) is 0 Å². The monoisotopic (exact) mass is 599 g/mol. The molecule has 1 aliphatic carbocycles. The Morgan fingerprint density at radius 2 is 1.49 bits per heavy atom. The van der Waals surface area contributed by atoms with Crippen LogP contribution < -0.4 is 14.4 Å². The van der Waals surface area contributed by atoms with Crippen LogP contribution in [0.5, 0.6) is 11.5 Å².